The van der Waals surface area contributed by atoms with Gasteiger partial charge in [0.05, 0.1) is 0 Å². The second kappa shape index (κ2) is 2.31. The molecule has 1 saturated heterocycles. The Kier molecular flexibility index (Phi) is 1.69. The average molecular weight is 99.2 g/mol. The van der Waals surface area contributed by atoms with E-state index in [2.05, 4.69) is 12.2 Å². The van der Waals surface area contributed by atoms with Gasteiger partial charge in [0, 0.05) is 0 Å². The molecule has 1 nitrogen and oxygen atoms in total. The summed E-state index contributed by atoms with van der Waals surface area (Å²) in [7, 11) is 0. The third-order valence-corrected chi connectivity index (χ3v) is 1.54. The van der Waals surface area contributed by atoms with Crippen molar-refractivity contribution in [2.24, 2.45) is 5.92 Å². The van der Waals surface area contributed by atoms with Crippen LogP contribution >= 0.6 is 0 Å². The van der Waals surface area contributed by atoms with Crippen molar-refractivity contribution in [3.05, 3.63) is 0 Å². The molecule has 1 atom stereocenters. The van der Waals surface area contributed by atoms with Crippen LogP contribution in [0.5, 0.6) is 0 Å². The summed E-state index contributed by atoms with van der Waals surface area (Å²) in [6.45, 7) is 4.77. The van der Waals surface area contributed by atoms with E-state index in [1.807, 2.05) is 0 Å². The molecule has 0 aromatic carbocycles. The molecule has 0 aromatic heterocycles. The molecule has 0 aliphatic carbocycles. The zero-order chi connectivity index (χ0) is 5.11. The van der Waals surface area contributed by atoms with Gasteiger partial charge >= 0.3 is 0 Å². The summed E-state index contributed by atoms with van der Waals surface area (Å²) in [5.41, 5.74) is 0. The van der Waals surface area contributed by atoms with Gasteiger partial charge in [0.25, 0.3) is 0 Å². The number of hydrogen-bond donors (Lipinski definition) is 1. The van der Waals surface area contributed by atoms with E-state index in [1.54, 1.807) is 0 Å². The van der Waals surface area contributed by atoms with Crippen LogP contribution < -0.4 is 5.32 Å². The summed E-state index contributed by atoms with van der Waals surface area (Å²) in [6, 6.07) is 0. The molecule has 0 radical (unpaired) electrons. The predicted octanol–water partition coefficient (Wildman–Crippen LogP) is 1.01. The number of rotatable bonds is 0. The molecule has 0 aromatic rings. The molecule has 0 bridgehead atoms. The van der Waals surface area contributed by atoms with Gasteiger partial charge in [-0.15, -0.1) is 0 Å². The first kappa shape index (κ1) is 5.10. The van der Waals surface area contributed by atoms with Crippen molar-refractivity contribution in [2.45, 2.75) is 19.8 Å². The molecule has 1 aliphatic rings. The van der Waals surface area contributed by atoms with Gasteiger partial charge in [0.1, 0.15) is 0 Å². The lowest BCUT2D eigenvalue weighted by Crippen LogP contribution is -2.27. The molecular formula is C6H13N. The van der Waals surface area contributed by atoms with E-state index in [0.717, 1.165) is 5.92 Å². The van der Waals surface area contributed by atoms with E-state index < -0.39 is 0 Å². The Hall–Kier alpha value is -0.0400. The van der Waals surface area contributed by atoms with Crippen LogP contribution in [0.2, 0.25) is 0 Å². The van der Waals surface area contributed by atoms with Crippen molar-refractivity contribution in [3.63, 3.8) is 0 Å². The zero-order valence-corrected chi connectivity index (χ0v) is 4.91. The van der Waals surface area contributed by atoms with Crippen molar-refractivity contribution in [3.8, 4) is 0 Å². The smallest absolute Gasteiger partial charge is 0.00231 e. The number of nitrogens with one attached hydrogen (secondary N) is 1. The van der Waals surface area contributed by atoms with E-state index >= 15 is 0 Å². The summed E-state index contributed by atoms with van der Waals surface area (Å²) in [4.78, 5) is 0. The molecule has 1 aliphatic heterocycles. The van der Waals surface area contributed by atoms with Crippen LogP contribution in [0.15, 0.2) is 0 Å². The minimum absolute atomic E-state index is 0.925. The maximum absolute atomic E-state index is 3.33. The highest BCUT2D eigenvalue weighted by molar-refractivity contribution is 4.63. The van der Waals surface area contributed by atoms with E-state index in [9.17, 15) is 0 Å². The molecule has 0 unspecified atom stereocenters. The van der Waals surface area contributed by atoms with Crippen molar-refractivity contribution < 1.29 is 0 Å². The lowest BCUT2D eigenvalue weighted by Gasteiger charge is -2.17. The molecule has 1 rings (SSSR count). The predicted molar refractivity (Wildman–Crippen MR) is 31.3 cm³/mol. The Morgan fingerprint density at radius 2 is 2.43 bits per heavy atom. The molecule has 42 valence electrons. The van der Waals surface area contributed by atoms with Crippen LogP contribution in [0.1, 0.15) is 19.8 Å². The number of hydrogen-bond acceptors (Lipinski definition) is 1. The Morgan fingerprint density at radius 3 is 2.71 bits per heavy atom. The quantitative estimate of drug-likeness (QED) is 0.478. The van der Waals surface area contributed by atoms with Gasteiger partial charge in [-0.25, -0.2) is 0 Å². The third-order valence-electron chi connectivity index (χ3n) is 1.54. The van der Waals surface area contributed by atoms with E-state index in [-0.39, 0.29) is 0 Å². The fourth-order valence-corrected chi connectivity index (χ4v) is 1.03. The standard InChI is InChI=1S/C6H13N/c1-6-3-2-4-7-5-6/h6-7H,2-5H2,1H3/t6-/m1/s1. The van der Waals surface area contributed by atoms with Crippen LogP contribution in [-0.2, 0) is 0 Å². The summed E-state index contributed by atoms with van der Waals surface area (Å²) >= 11 is 0. The molecule has 1 fully saturated rings. The Bertz CT molecular complexity index is 46.1. The first-order valence-corrected chi connectivity index (χ1v) is 3.10. The summed E-state index contributed by atoms with van der Waals surface area (Å²) in [6.07, 6.45) is 2.80. The Balaban J connectivity index is 2.12. The van der Waals surface area contributed by atoms with Gasteiger partial charge in [-0.2, -0.15) is 0 Å². The molecule has 1 heteroatoms. The minimum atomic E-state index is 0.925. The van der Waals surface area contributed by atoms with Gasteiger partial charge in [-0.05, 0) is 31.8 Å². The zero-order valence-electron chi connectivity index (χ0n) is 4.91. The highest BCUT2D eigenvalue weighted by atomic mass is 14.9. The van der Waals surface area contributed by atoms with Gasteiger partial charge in [0.2, 0.25) is 0 Å². The molecular weight excluding hydrogens is 86.1 g/mol. The lowest BCUT2D eigenvalue weighted by atomic mass is 10.0. The third kappa shape index (κ3) is 1.48. The molecule has 1 heterocycles. The molecule has 1 N–H and O–H groups in total. The summed E-state index contributed by atoms with van der Waals surface area (Å²) < 4.78 is 0. The van der Waals surface area contributed by atoms with Crippen LogP contribution in [-0.4, -0.2) is 13.1 Å². The molecule has 0 saturated carbocycles. The second-order valence-electron chi connectivity index (χ2n) is 2.45. The first-order valence-electron chi connectivity index (χ1n) is 3.10. The van der Waals surface area contributed by atoms with Crippen LogP contribution in [0.4, 0.5) is 0 Å². The van der Waals surface area contributed by atoms with E-state index in [0.29, 0.717) is 0 Å². The topological polar surface area (TPSA) is 12.0 Å². The molecule has 0 spiro atoms. The monoisotopic (exact) mass is 99.1 g/mol. The lowest BCUT2D eigenvalue weighted by molar-refractivity contribution is 0.405. The summed E-state index contributed by atoms with van der Waals surface area (Å²) in [5, 5.41) is 3.33. The minimum Gasteiger partial charge on any atom is -0.316 e. The van der Waals surface area contributed by atoms with E-state index in [4.69, 9.17) is 0 Å². The van der Waals surface area contributed by atoms with Crippen molar-refractivity contribution in [1.82, 2.24) is 5.32 Å². The van der Waals surface area contributed by atoms with Gasteiger partial charge in [0.15, 0.2) is 0 Å². The van der Waals surface area contributed by atoms with Gasteiger partial charge in [-0.3, -0.25) is 0 Å². The van der Waals surface area contributed by atoms with Crippen molar-refractivity contribution in [2.75, 3.05) is 13.1 Å². The maximum Gasteiger partial charge on any atom is -0.00231 e. The van der Waals surface area contributed by atoms with Crippen LogP contribution in [0, 0.1) is 5.92 Å². The largest absolute Gasteiger partial charge is 0.316 e. The summed E-state index contributed by atoms with van der Waals surface area (Å²) in [5.74, 6) is 0.925. The second-order valence-corrected chi connectivity index (χ2v) is 2.45. The van der Waals surface area contributed by atoms with Crippen LogP contribution in [0.25, 0.3) is 0 Å². The maximum atomic E-state index is 3.33. The highest BCUT2D eigenvalue weighted by Crippen LogP contribution is 2.06. The number of piperidine rings is 1. The SMILES string of the molecule is C[C@@H]1CCCNC1. The Morgan fingerprint density at radius 1 is 1.57 bits per heavy atom. The van der Waals surface area contributed by atoms with Gasteiger partial charge in [-0.1, -0.05) is 6.92 Å². The molecule has 7 heavy (non-hydrogen) atoms. The van der Waals surface area contributed by atoms with Crippen molar-refractivity contribution in [1.29, 1.82) is 0 Å². The van der Waals surface area contributed by atoms with Crippen molar-refractivity contribution >= 4 is 0 Å². The average Bonchev–Trinajstić information content (AvgIpc) is 1.69. The Labute approximate surface area is 45.1 Å². The first-order chi connectivity index (χ1) is 3.39. The molecule has 0 amide bonds. The van der Waals surface area contributed by atoms with Crippen LogP contribution in [0.3, 0.4) is 0 Å². The fraction of sp³-hybridized carbons (Fsp3) is 1.00. The fourth-order valence-electron chi connectivity index (χ4n) is 1.03. The highest BCUT2D eigenvalue weighted by Gasteiger charge is 2.04. The van der Waals surface area contributed by atoms with E-state index in [1.165, 1.54) is 25.9 Å². The normalized spacial score (nSPS) is 33.0. The van der Waals surface area contributed by atoms with Gasteiger partial charge < -0.3 is 5.32 Å².